The van der Waals surface area contributed by atoms with Crippen molar-refractivity contribution in [3.05, 3.63) is 29.8 Å². The minimum Gasteiger partial charge on any atom is -0.492 e. The monoisotopic (exact) mass is 262 g/mol. The van der Waals surface area contributed by atoms with Crippen LogP contribution in [-0.4, -0.2) is 37.2 Å². The second kappa shape index (κ2) is 7.51. The predicted octanol–water partition coefficient (Wildman–Crippen LogP) is 2.66. The molecule has 0 radical (unpaired) electrons. The Morgan fingerprint density at radius 1 is 1.26 bits per heavy atom. The third kappa shape index (κ3) is 4.22. The maximum absolute atomic E-state index is 5.79. The van der Waals surface area contributed by atoms with Crippen molar-refractivity contribution in [2.24, 2.45) is 0 Å². The molecule has 1 aliphatic heterocycles. The maximum atomic E-state index is 5.79. The minimum atomic E-state index is 0.663. The number of hydrogen-bond donors (Lipinski definition) is 1. The van der Waals surface area contributed by atoms with Crippen molar-refractivity contribution in [2.75, 3.05) is 26.2 Å². The zero-order chi connectivity index (χ0) is 13.5. The van der Waals surface area contributed by atoms with Crippen molar-refractivity contribution in [1.29, 1.82) is 0 Å². The lowest BCUT2D eigenvalue weighted by atomic mass is 10.1. The second-order valence-electron chi connectivity index (χ2n) is 5.20. The van der Waals surface area contributed by atoms with Gasteiger partial charge in [0.05, 0.1) is 0 Å². The van der Waals surface area contributed by atoms with E-state index in [1.54, 1.807) is 0 Å². The fourth-order valence-corrected chi connectivity index (χ4v) is 2.57. The first-order valence-electron chi connectivity index (χ1n) is 7.50. The number of nitrogens with zero attached hydrogens (tertiary/aromatic N) is 1. The van der Waals surface area contributed by atoms with Gasteiger partial charge in [-0.1, -0.05) is 32.0 Å². The van der Waals surface area contributed by atoms with E-state index in [0.717, 1.165) is 38.5 Å². The van der Waals surface area contributed by atoms with E-state index in [1.165, 1.54) is 18.4 Å². The molecule has 0 aliphatic carbocycles. The molecule has 1 N–H and O–H groups in total. The van der Waals surface area contributed by atoms with Crippen LogP contribution >= 0.6 is 0 Å². The van der Waals surface area contributed by atoms with Crippen LogP contribution in [0.1, 0.15) is 32.3 Å². The first-order chi connectivity index (χ1) is 9.33. The van der Waals surface area contributed by atoms with Crippen LogP contribution in [0.3, 0.4) is 0 Å². The van der Waals surface area contributed by atoms with Crippen molar-refractivity contribution < 1.29 is 4.74 Å². The summed E-state index contributed by atoms with van der Waals surface area (Å²) in [5.74, 6) is 1.05. The molecule has 0 bridgehead atoms. The third-order valence-electron chi connectivity index (χ3n) is 3.88. The Hall–Kier alpha value is -1.06. The molecule has 3 nitrogen and oxygen atoms in total. The Labute approximate surface area is 116 Å². The molecule has 0 atom stereocenters. The van der Waals surface area contributed by atoms with E-state index in [2.05, 4.69) is 42.3 Å². The van der Waals surface area contributed by atoms with E-state index < -0.39 is 0 Å². The van der Waals surface area contributed by atoms with Crippen LogP contribution in [0.2, 0.25) is 0 Å². The summed E-state index contributed by atoms with van der Waals surface area (Å²) in [5.41, 5.74) is 1.31. The average Bonchev–Trinajstić information content (AvgIpc) is 2.65. The molecule has 0 spiro atoms. The second-order valence-corrected chi connectivity index (χ2v) is 5.20. The van der Waals surface area contributed by atoms with Gasteiger partial charge in [0.15, 0.2) is 0 Å². The highest BCUT2D eigenvalue weighted by atomic mass is 16.5. The van der Waals surface area contributed by atoms with Gasteiger partial charge in [0.25, 0.3) is 0 Å². The molecule has 0 saturated carbocycles. The lowest BCUT2D eigenvalue weighted by molar-refractivity contribution is 0.223. The van der Waals surface area contributed by atoms with E-state index in [9.17, 15) is 0 Å². The molecule has 0 fully saturated rings. The highest BCUT2D eigenvalue weighted by molar-refractivity contribution is 5.33. The number of rotatable bonds is 6. The van der Waals surface area contributed by atoms with Gasteiger partial charge < -0.3 is 10.1 Å². The number of fused-ring (bicyclic) bond motifs is 1. The molecule has 0 saturated heterocycles. The van der Waals surface area contributed by atoms with Gasteiger partial charge in [-0.25, -0.2) is 0 Å². The third-order valence-corrected chi connectivity index (χ3v) is 3.88. The molecule has 1 heterocycles. The average molecular weight is 262 g/mol. The summed E-state index contributed by atoms with van der Waals surface area (Å²) in [4.78, 5) is 2.47. The molecule has 0 aromatic heterocycles. The number of para-hydroxylation sites is 1. The van der Waals surface area contributed by atoms with E-state index in [0.29, 0.717) is 6.04 Å². The van der Waals surface area contributed by atoms with Crippen LogP contribution < -0.4 is 10.1 Å². The van der Waals surface area contributed by atoms with Gasteiger partial charge in [-0.15, -0.1) is 0 Å². The number of hydrogen-bond acceptors (Lipinski definition) is 3. The van der Waals surface area contributed by atoms with Gasteiger partial charge in [-0.3, -0.25) is 4.90 Å². The minimum absolute atomic E-state index is 0.663. The molecule has 1 aliphatic rings. The van der Waals surface area contributed by atoms with Gasteiger partial charge in [-0.2, -0.15) is 0 Å². The topological polar surface area (TPSA) is 24.5 Å². The van der Waals surface area contributed by atoms with Crippen LogP contribution in [-0.2, 0) is 6.54 Å². The Balaban J connectivity index is 1.82. The van der Waals surface area contributed by atoms with Crippen LogP contribution in [0, 0.1) is 0 Å². The van der Waals surface area contributed by atoms with Crippen molar-refractivity contribution in [1.82, 2.24) is 10.2 Å². The van der Waals surface area contributed by atoms with Gasteiger partial charge in [0.2, 0.25) is 0 Å². The smallest absolute Gasteiger partial charge is 0.123 e. The Kier molecular flexibility index (Phi) is 5.67. The number of nitrogens with one attached hydrogen (secondary N) is 1. The van der Waals surface area contributed by atoms with Crippen LogP contribution in [0.5, 0.6) is 5.75 Å². The van der Waals surface area contributed by atoms with Crippen LogP contribution in [0.4, 0.5) is 0 Å². The zero-order valence-corrected chi connectivity index (χ0v) is 12.2. The summed E-state index contributed by atoms with van der Waals surface area (Å²) >= 11 is 0. The normalized spacial score (nSPS) is 15.9. The van der Waals surface area contributed by atoms with E-state index in [-0.39, 0.29) is 0 Å². The first kappa shape index (κ1) is 14.4. The van der Waals surface area contributed by atoms with Gasteiger partial charge in [0, 0.05) is 37.8 Å². The molecular weight excluding hydrogens is 236 g/mol. The van der Waals surface area contributed by atoms with Crippen LogP contribution in [0.25, 0.3) is 0 Å². The summed E-state index contributed by atoms with van der Waals surface area (Å²) < 4.78 is 5.79. The molecule has 0 unspecified atom stereocenters. The highest BCUT2D eigenvalue weighted by Gasteiger charge is 2.14. The van der Waals surface area contributed by atoms with E-state index >= 15 is 0 Å². The van der Waals surface area contributed by atoms with Crippen molar-refractivity contribution in [3.63, 3.8) is 0 Å². The zero-order valence-electron chi connectivity index (χ0n) is 12.2. The lowest BCUT2D eigenvalue weighted by Crippen LogP contribution is -2.37. The number of ether oxygens (including phenoxy) is 1. The van der Waals surface area contributed by atoms with Crippen molar-refractivity contribution in [3.8, 4) is 5.75 Å². The quantitative estimate of drug-likeness (QED) is 0.853. The highest BCUT2D eigenvalue weighted by Crippen LogP contribution is 2.21. The molecule has 1 aromatic carbocycles. The fourth-order valence-electron chi connectivity index (χ4n) is 2.57. The molecule has 1 aromatic rings. The van der Waals surface area contributed by atoms with E-state index in [1.807, 2.05) is 6.07 Å². The summed E-state index contributed by atoms with van der Waals surface area (Å²) in [6, 6.07) is 9.04. The summed E-state index contributed by atoms with van der Waals surface area (Å²) in [5, 5.41) is 3.63. The summed E-state index contributed by atoms with van der Waals surface area (Å²) in [7, 11) is 0. The lowest BCUT2D eigenvalue weighted by Gasteiger charge is -2.21. The number of benzene rings is 1. The molecule has 0 amide bonds. The summed E-state index contributed by atoms with van der Waals surface area (Å²) in [6.45, 7) is 9.46. The Morgan fingerprint density at radius 2 is 2.05 bits per heavy atom. The molecular formula is C16H26N2O. The van der Waals surface area contributed by atoms with Gasteiger partial charge in [0.1, 0.15) is 12.4 Å². The molecule has 19 heavy (non-hydrogen) atoms. The Bertz CT molecular complexity index is 377. The van der Waals surface area contributed by atoms with Gasteiger partial charge in [-0.05, 0) is 18.9 Å². The predicted molar refractivity (Wildman–Crippen MR) is 79.6 cm³/mol. The molecule has 106 valence electrons. The standard InChI is InChI=1S/C16H26N2O/c1-3-15(4-2)17-9-10-18-11-12-19-16-8-6-5-7-14(16)13-18/h5-8,15,17H,3-4,9-13H2,1-2H3. The SMILES string of the molecule is CCC(CC)NCCN1CCOc2ccccc2C1. The molecule has 3 heteroatoms. The fraction of sp³-hybridized carbons (Fsp3) is 0.625. The van der Waals surface area contributed by atoms with Gasteiger partial charge >= 0.3 is 0 Å². The Morgan fingerprint density at radius 3 is 2.84 bits per heavy atom. The van der Waals surface area contributed by atoms with Crippen molar-refractivity contribution in [2.45, 2.75) is 39.3 Å². The maximum Gasteiger partial charge on any atom is 0.123 e. The first-order valence-corrected chi connectivity index (χ1v) is 7.50. The summed E-state index contributed by atoms with van der Waals surface area (Å²) in [6.07, 6.45) is 2.42. The van der Waals surface area contributed by atoms with E-state index in [4.69, 9.17) is 4.74 Å². The van der Waals surface area contributed by atoms with Crippen LogP contribution in [0.15, 0.2) is 24.3 Å². The molecule has 2 rings (SSSR count). The van der Waals surface area contributed by atoms with Crippen molar-refractivity contribution >= 4 is 0 Å². The largest absolute Gasteiger partial charge is 0.492 e.